The lowest BCUT2D eigenvalue weighted by Crippen LogP contribution is -2.17. The molecule has 0 aliphatic heterocycles. The molecule has 0 aliphatic rings. The highest BCUT2D eigenvalue weighted by Gasteiger charge is 2.10. The first-order valence-electron chi connectivity index (χ1n) is 8.33. The largest absolute Gasteiger partial charge is 0.482 e. The molecule has 0 bridgehead atoms. The Bertz CT molecular complexity index is 871. The predicted molar refractivity (Wildman–Crippen MR) is 96.1 cm³/mol. The fraction of sp³-hybridized carbons (Fsp3) is 0.250. The lowest BCUT2D eigenvalue weighted by molar-refractivity contribution is -0.136. The zero-order valence-electron chi connectivity index (χ0n) is 14.9. The molecular formula is C20H20N2O4. The first-order valence-corrected chi connectivity index (χ1v) is 8.33. The van der Waals surface area contributed by atoms with Gasteiger partial charge in [-0.3, -0.25) is 0 Å². The maximum absolute atomic E-state index is 12.0. The number of esters is 1. The van der Waals surface area contributed by atoms with Crippen LogP contribution in [0.2, 0.25) is 0 Å². The summed E-state index contributed by atoms with van der Waals surface area (Å²) in [5, 5.41) is 7.44. The number of carbonyl (C=O) groups is 1. The minimum absolute atomic E-state index is 0.161. The van der Waals surface area contributed by atoms with Crippen LogP contribution in [0.15, 0.2) is 53.3 Å². The van der Waals surface area contributed by atoms with E-state index in [9.17, 15) is 4.79 Å². The van der Waals surface area contributed by atoms with Gasteiger partial charge in [-0.15, -0.1) is 10.2 Å². The number of aromatic nitrogens is 2. The van der Waals surface area contributed by atoms with E-state index < -0.39 is 5.97 Å². The van der Waals surface area contributed by atoms with E-state index >= 15 is 0 Å². The molecule has 0 radical (unpaired) electrons. The molecule has 3 aromatic rings. The molecule has 0 unspecified atom stereocenters. The third-order valence-electron chi connectivity index (χ3n) is 3.91. The molecule has 0 fully saturated rings. The van der Waals surface area contributed by atoms with E-state index in [2.05, 4.69) is 24.0 Å². The van der Waals surface area contributed by atoms with Gasteiger partial charge in [0.25, 0.3) is 0 Å². The Balaban J connectivity index is 1.55. The summed E-state index contributed by atoms with van der Waals surface area (Å²) in [5.41, 5.74) is 3.16. The van der Waals surface area contributed by atoms with E-state index in [1.54, 1.807) is 24.3 Å². The van der Waals surface area contributed by atoms with Crippen LogP contribution in [0.3, 0.4) is 0 Å². The van der Waals surface area contributed by atoms with Crippen molar-refractivity contribution < 1.29 is 18.7 Å². The zero-order chi connectivity index (χ0) is 18.5. The normalized spacial score (nSPS) is 10.8. The SMILES string of the molecule is Cc1cc(OCC(=O)Oc2ccc(-c3nnco3)cc2)ccc1C(C)C. The molecule has 2 aromatic carbocycles. The Kier molecular flexibility index (Phi) is 5.31. The number of aryl methyl sites for hydroxylation is 1. The number of carbonyl (C=O) groups excluding carboxylic acids is 1. The minimum atomic E-state index is -0.471. The summed E-state index contributed by atoms with van der Waals surface area (Å²) in [6.07, 6.45) is 1.26. The predicted octanol–water partition coefficient (Wildman–Crippen LogP) is 4.15. The van der Waals surface area contributed by atoms with Gasteiger partial charge in [0.2, 0.25) is 12.3 Å². The molecule has 1 aromatic heterocycles. The van der Waals surface area contributed by atoms with Crippen molar-refractivity contribution in [3.05, 3.63) is 60.0 Å². The zero-order valence-corrected chi connectivity index (χ0v) is 14.9. The van der Waals surface area contributed by atoms with Gasteiger partial charge in [0.15, 0.2) is 6.61 Å². The second-order valence-corrected chi connectivity index (χ2v) is 6.20. The molecular weight excluding hydrogens is 332 g/mol. The molecule has 1 heterocycles. The molecule has 0 saturated carbocycles. The van der Waals surface area contributed by atoms with Crippen LogP contribution in [-0.4, -0.2) is 22.8 Å². The van der Waals surface area contributed by atoms with Gasteiger partial charge < -0.3 is 13.9 Å². The van der Waals surface area contributed by atoms with Crippen molar-refractivity contribution >= 4 is 5.97 Å². The molecule has 3 rings (SSSR count). The highest BCUT2D eigenvalue weighted by Crippen LogP contribution is 2.24. The second kappa shape index (κ2) is 7.82. The summed E-state index contributed by atoms with van der Waals surface area (Å²) in [4.78, 5) is 12.0. The van der Waals surface area contributed by atoms with Crippen LogP contribution < -0.4 is 9.47 Å². The van der Waals surface area contributed by atoms with E-state index in [0.29, 0.717) is 23.3 Å². The lowest BCUT2D eigenvalue weighted by atomic mass is 9.98. The van der Waals surface area contributed by atoms with Crippen molar-refractivity contribution in [2.75, 3.05) is 6.61 Å². The van der Waals surface area contributed by atoms with E-state index in [4.69, 9.17) is 13.9 Å². The fourth-order valence-electron chi connectivity index (χ4n) is 2.65. The number of nitrogens with zero attached hydrogens (tertiary/aromatic N) is 2. The Hall–Kier alpha value is -3.15. The van der Waals surface area contributed by atoms with Crippen LogP contribution in [0.4, 0.5) is 0 Å². The summed E-state index contributed by atoms with van der Waals surface area (Å²) in [6, 6.07) is 12.6. The first-order chi connectivity index (χ1) is 12.5. The van der Waals surface area contributed by atoms with Gasteiger partial charge in [-0.1, -0.05) is 19.9 Å². The standard InChI is InChI=1S/C20H20N2O4/c1-13(2)18-9-8-17(10-14(18)3)24-11-19(23)26-16-6-4-15(5-7-16)20-22-21-12-25-20/h4-10,12-13H,11H2,1-3H3. The Labute approximate surface area is 151 Å². The molecule has 6 nitrogen and oxygen atoms in total. The second-order valence-electron chi connectivity index (χ2n) is 6.20. The third-order valence-corrected chi connectivity index (χ3v) is 3.91. The molecule has 0 spiro atoms. The quantitative estimate of drug-likeness (QED) is 0.490. The number of hydrogen-bond acceptors (Lipinski definition) is 6. The van der Waals surface area contributed by atoms with Gasteiger partial charge in [0.05, 0.1) is 0 Å². The van der Waals surface area contributed by atoms with Crippen LogP contribution in [0.25, 0.3) is 11.5 Å². The summed E-state index contributed by atoms with van der Waals surface area (Å²) in [5.74, 6) is 1.46. The Morgan fingerprint density at radius 1 is 1.12 bits per heavy atom. The van der Waals surface area contributed by atoms with Crippen molar-refractivity contribution in [1.82, 2.24) is 10.2 Å². The van der Waals surface area contributed by atoms with Crippen LogP contribution >= 0.6 is 0 Å². The molecule has 134 valence electrons. The molecule has 6 heteroatoms. The van der Waals surface area contributed by atoms with Crippen LogP contribution in [-0.2, 0) is 4.79 Å². The number of ether oxygens (including phenoxy) is 2. The molecule has 0 saturated heterocycles. The summed E-state index contributed by atoms with van der Waals surface area (Å²) >= 11 is 0. The maximum Gasteiger partial charge on any atom is 0.349 e. The maximum atomic E-state index is 12.0. The monoisotopic (exact) mass is 352 g/mol. The molecule has 0 N–H and O–H groups in total. The van der Waals surface area contributed by atoms with E-state index in [1.165, 1.54) is 12.0 Å². The van der Waals surface area contributed by atoms with E-state index in [-0.39, 0.29) is 6.61 Å². The third kappa shape index (κ3) is 4.27. The van der Waals surface area contributed by atoms with Crippen molar-refractivity contribution in [1.29, 1.82) is 0 Å². The topological polar surface area (TPSA) is 74.5 Å². The Morgan fingerprint density at radius 2 is 1.85 bits per heavy atom. The number of hydrogen-bond donors (Lipinski definition) is 0. The number of rotatable bonds is 6. The van der Waals surface area contributed by atoms with Crippen molar-refractivity contribution in [2.45, 2.75) is 26.7 Å². The van der Waals surface area contributed by atoms with Gasteiger partial charge >= 0.3 is 5.97 Å². The Morgan fingerprint density at radius 3 is 2.46 bits per heavy atom. The van der Waals surface area contributed by atoms with Crippen molar-refractivity contribution in [2.24, 2.45) is 0 Å². The lowest BCUT2D eigenvalue weighted by Gasteiger charge is -2.12. The molecule has 0 atom stereocenters. The van der Waals surface area contributed by atoms with Crippen molar-refractivity contribution in [3.63, 3.8) is 0 Å². The highest BCUT2D eigenvalue weighted by molar-refractivity contribution is 5.74. The first kappa shape index (κ1) is 17.7. The van der Waals surface area contributed by atoms with Crippen LogP contribution in [0.1, 0.15) is 30.9 Å². The molecule has 0 amide bonds. The fourth-order valence-corrected chi connectivity index (χ4v) is 2.65. The molecule has 0 aliphatic carbocycles. The molecule has 26 heavy (non-hydrogen) atoms. The van der Waals surface area contributed by atoms with E-state index in [0.717, 1.165) is 11.1 Å². The van der Waals surface area contributed by atoms with Crippen molar-refractivity contribution in [3.8, 4) is 23.0 Å². The van der Waals surface area contributed by atoms with Gasteiger partial charge in [0, 0.05) is 5.56 Å². The average Bonchev–Trinajstić information content (AvgIpc) is 3.15. The number of benzene rings is 2. The smallest absolute Gasteiger partial charge is 0.349 e. The van der Waals surface area contributed by atoms with Gasteiger partial charge in [-0.2, -0.15) is 0 Å². The van der Waals surface area contributed by atoms with Gasteiger partial charge in [-0.05, 0) is 60.4 Å². The van der Waals surface area contributed by atoms with Crippen LogP contribution in [0.5, 0.6) is 11.5 Å². The van der Waals surface area contributed by atoms with Gasteiger partial charge in [0.1, 0.15) is 11.5 Å². The van der Waals surface area contributed by atoms with Gasteiger partial charge in [-0.25, -0.2) is 4.79 Å². The minimum Gasteiger partial charge on any atom is -0.482 e. The average molecular weight is 352 g/mol. The summed E-state index contributed by atoms with van der Waals surface area (Å²) < 4.78 is 15.9. The summed E-state index contributed by atoms with van der Waals surface area (Å²) in [6.45, 7) is 6.16. The summed E-state index contributed by atoms with van der Waals surface area (Å²) in [7, 11) is 0. The van der Waals surface area contributed by atoms with Crippen LogP contribution in [0, 0.1) is 6.92 Å². The van der Waals surface area contributed by atoms with E-state index in [1.807, 2.05) is 25.1 Å². The highest BCUT2D eigenvalue weighted by atomic mass is 16.6.